The maximum absolute atomic E-state index is 11.9. The molecule has 18 heavy (non-hydrogen) atoms. The van der Waals surface area contributed by atoms with Crippen molar-refractivity contribution >= 4 is 22.5 Å². The average Bonchev–Trinajstić information content (AvgIpc) is 2.76. The third-order valence-corrected chi connectivity index (χ3v) is 3.81. The van der Waals surface area contributed by atoms with Crippen LogP contribution in [0.1, 0.15) is 25.0 Å². The van der Waals surface area contributed by atoms with Crippen molar-refractivity contribution in [2.24, 2.45) is 0 Å². The van der Waals surface area contributed by atoms with E-state index in [9.17, 15) is 4.79 Å². The molecule has 1 saturated heterocycles. The van der Waals surface area contributed by atoms with E-state index in [1.54, 1.807) is 11.9 Å². The monoisotopic (exact) mass is 269 g/mol. The van der Waals surface area contributed by atoms with Gasteiger partial charge in [-0.15, -0.1) is 11.3 Å². The first-order chi connectivity index (χ1) is 8.65. The Balaban J connectivity index is 1.80. The number of nitrogens with zero attached hydrogens (tertiary/aromatic N) is 2. The second-order valence-corrected chi connectivity index (χ2v) is 5.45. The van der Waals surface area contributed by atoms with E-state index < -0.39 is 0 Å². The van der Waals surface area contributed by atoms with E-state index in [0.29, 0.717) is 11.7 Å². The molecule has 2 rings (SSSR count). The number of anilines is 1. The first kappa shape index (κ1) is 13.3. The highest BCUT2D eigenvalue weighted by atomic mass is 32.1. The SMILES string of the molecule is Cc1csc(NC(=O)N(C)CC2CCCCO2)n1. The number of carbonyl (C=O) groups excluding carboxylic acids is 1. The van der Waals surface area contributed by atoms with Crippen molar-refractivity contribution in [3.05, 3.63) is 11.1 Å². The van der Waals surface area contributed by atoms with Gasteiger partial charge in [0.15, 0.2) is 5.13 Å². The summed E-state index contributed by atoms with van der Waals surface area (Å²) in [6.45, 7) is 3.35. The number of urea groups is 1. The molecule has 2 amide bonds. The van der Waals surface area contributed by atoms with Crippen LogP contribution in [0, 0.1) is 6.92 Å². The van der Waals surface area contributed by atoms with Gasteiger partial charge in [0.25, 0.3) is 0 Å². The van der Waals surface area contributed by atoms with E-state index in [-0.39, 0.29) is 12.1 Å². The van der Waals surface area contributed by atoms with E-state index >= 15 is 0 Å². The summed E-state index contributed by atoms with van der Waals surface area (Å²) >= 11 is 1.44. The van der Waals surface area contributed by atoms with E-state index in [1.165, 1.54) is 17.8 Å². The Bertz CT molecular complexity index is 402. The predicted molar refractivity (Wildman–Crippen MR) is 72.1 cm³/mol. The second kappa shape index (κ2) is 6.15. The van der Waals surface area contributed by atoms with Crippen molar-refractivity contribution in [3.8, 4) is 0 Å². The Kier molecular flexibility index (Phi) is 4.54. The number of amides is 2. The van der Waals surface area contributed by atoms with Crippen molar-refractivity contribution in [1.82, 2.24) is 9.88 Å². The molecule has 2 heterocycles. The van der Waals surface area contributed by atoms with Crippen LogP contribution < -0.4 is 5.32 Å². The zero-order valence-corrected chi connectivity index (χ0v) is 11.6. The number of ether oxygens (including phenoxy) is 1. The molecule has 5 nitrogen and oxygen atoms in total. The molecule has 1 atom stereocenters. The molecular formula is C12H19N3O2S. The van der Waals surface area contributed by atoms with Gasteiger partial charge < -0.3 is 9.64 Å². The molecule has 0 aromatic carbocycles. The highest BCUT2D eigenvalue weighted by molar-refractivity contribution is 7.13. The number of nitrogens with one attached hydrogen (secondary N) is 1. The normalized spacial score (nSPS) is 19.6. The summed E-state index contributed by atoms with van der Waals surface area (Å²) in [6, 6.07) is -0.126. The molecule has 1 aromatic rings. The van der Waals surface area contributed by atoms with Gasteiger partial charge in [0.1, 0.15) is 0 Å². The number of aromatic nitrogens is 1. The van der Waals surface area contributed by atoms with Gasteiger partial charge in [-0.2, -0.15) is 0 Å². The van der Waals surface area contributed by atoms with Crippen LogP contribution in [0.25, 0.3) is 0 Å². The minimum atomic E-state index is -0.126. The Morgan fingerprint density at radius 3 is 3.11 bits per heavy atom. The van der Waals surface area contributed by atoms with Gasteiger partial charge in [0.2, 0.25) is 0 Å². The number of hydrogen-bond acceptors (Lipinski definition) is 4. The van der Waals surface area contributed by atoms with Crippen molar-refractivity contribution in [3.63, 3.8) is 0 Å². The molecule has 0 aliphatic carbocycles. The standard InChI is InChI=1S/C12H19N3O2S/c1-9-8-18-11(13-9)14-12(16)15(2)7-10-5-3-4-6-17-10/h8,10H,3-7H2,1-2H3,(H,13,14,16). The third-order valence-electron chi connectivity index (χ3n) is 2.93. The van der Waals surface area contributed by atoms with Crippen LogP contribution in [0.2, 0.25) is 0 Å². The first-order valence-corrected chi connectivity index (χ1v) is 7.09. The molecule has 1 unspecified atom stereocenters. The van der Waals surface area contributed by atoms with Crippen LogP contribution in [0.4, 0.5) is 9.93 Å². The highest BCUT2D eigenvalue weighted by Crippen LogP contribution is 2.16. The number of hydrogen-bond donors (Lipinski definition) is 1. The summed E-state index contributed by atoms with van der Waals surface area (Å²) in [6.07, 6.45) is 3.53. The van der Waals surface area contributed by atoms with E-state index in [1.807, 2.05) is 12.3 Å². The lowest BCUT2D eigenvalue weighted by Gasteiger charge is -2.27. The number of rotatable bonds is 3. The van der Waals surface area contributed by atoms with Crippen molar-refractivity contribution in [2.75, 3.05) is 25.5 Å². The van der Waals surface area contributed by atoms with Gasteiger partial charge in [0.05, 0.1) is 11.8 Å². The Morgan fingerprint density at radius 2 is 2.50 bits per heavy atom. The summed E-state index contributed by atoms with van der Waals surface area (Å²) in [5, 5.41) is 5.35. The molecule has 1 aliphatic heterocycles. The summed E-state index contributed by atoms with van der Waals surface area (Å²) in [7, 11) is 1.79. The summed E-state index contributed by atoms with van der Waals surface area (Å²) < 4.78 is 5.62. The summed E-state index contributed by atoms with van der Waals surface area (Å²) in [4.78, 5) is 17.8. The van der Waals surface area contributed by atoms with Crippen molar-refractivity contribution in [2.45, 2.75) is 32.3 Å². The number of carbonyl (C=O) groups is 1. The first-order valence-electron chi connectivity index (χ1n) is 6.21. The fourth-order valence-corrected chi connectivity index (χ4v) is 2.62. The zero-order valence-electron chi connectivity index (χ0n) is 10.8. The smallest absolute Gasteiger partial charge is 0.323 e. The van der Waals surface area contributed by atoms with Crippen LogP contribution >= 0.6 is 11.3 Å². The fraction of sp³-hybridized carbons (Fsp3) is 0.667. The molecule has 1 N–H and O–H groups in total. The number of likely N-dealkylation sites (N-methyl/N-ethyl adjacent to an activating group) is 1. The number of aryl methyl sites for hydroxylation is 1. The molecule has 0 spiro atoms. The van der Waals surface area contributed by atoms with Gasteiger partial charge in [-0.25, -0.2) is 9.78 Å². The van der Waals surface area contributed by atoms with Crippen molar-refractivity contribution < 1.29 is 9.53 Å². The second-order valence-electron chi connectivity index (χ2n) is 4.59. The van der Waals surface area contributed by atoms with Crippen LogP contribution in [-0.2, 0) is 4.74 Å². The van der Waals surface area contributed by atoms with Crippen LogP contribution in [0.3, 0.4) is 0 Å². The van der Waals surface area contributed by atoms with Gasteiger partial charge in [-0.3, -0.25) is 5.32 Å². The van der Waals surface area contributed by atoms with Gasteiger partial charge in [-0.05, 0) is 26.2 Å². The molecular weight excluding hydrogens is 250 g/mol. The summed E-state index contributed by atoms with van der Waals surface area (Å²) in [5.41, 5.74) is 0.925. The maximum Gasteiger partial charge on any atom is 0.323 e. The Hall–Kier alpha value is -1.14. The van der Waals surface area contributed by atoms with Crippen LogP contribution in [-0.4, -0.2) is 42.2 Å². The van der Waals surface area contributed by atoms with E-state index in [2.05, 4.69) is 10.3 Å². The van der Waals surface area contributed by atoms with Crippen LogP contribution in [0.5, 0.6) is 0 Å². The van der Waals surface area contributed by atoms with Crippen molar-refractivity contribution in [1.29, 1.82) is 0 Å². The molecule has 1 fully saturated rings. The number of thiazole rings is 1. The fourth-order valence-electron chi connectivity index (χ4n) is 1.94. The molecule has 100 valence electrons. The molecule has 0 bridgehead atoms. The van der Waals surface area contributed by atoms with E-state index in [0.717, 1.165) is 25.1 Å². The van der Waals surface area contributed by atoms with Gasteiger partial charge >= 0.3 is 6.03 Å². The van der Waals surface area contributed by atoms with Crippen LogP contribution in [0.15, 0.2) is 5.38 Å². The van der Waals surface area contributed by atoms with Gasteiger partial charge in [-0.1, -0.05) is 0 Å². The topological polar surface area (TPSA) is 54.5 Å². The minimum absolute atomic E-state index is 0.126. The minimum Gasteiger partial charge on any atom is -0.376 e. The predicted octanol–water partition coefficient (Wildman–Crippen LogP) is 2.48. The summed E-state index contributed by atoms with van der Waals surface area (Å²) in [5.74, 6) is 0. The molecule has 0 radical (unpaired) electrons. The lowest BCUT2D eigenvalue weighted by atomic mass is 10.1. The average molecular weight is 269 g/mol. The largest absolute Gasteiger partial charge is 0.376 e. The zero-order chi connectivity index (χ0) is 13.0. The lowest BCUT2D eigenvalue weighted by Crippen LogP contribution is -2.39. The van der Waals surface area contributed by atoms with E-state index in [4.69, 9.17) is 4.74 Å². The Labute approximate surface area is 111 Å². The molecule has 1 aromatic heterocycles. The molecule has 1 aliphatic rings. The quantitative estimate of drug-likeness (QED) is 0.917. The van der Waals surface area contributed by atoms with Gasteiger partial charge in [0, 0.05) is 25.6 Å². The molecule has 0 saturated carbocycles. The maximum atomic E-state index is 11.9. The molecule has 6 heteroatoms. The Morgan fingerprint density at radius 1 is 1.67 bits per heavy atom. The lowest BCUT2D eigenvalue weighted by molar-refractivity contribution is 0.00463. The third kappa shape index (κ3) is 3.68. The highest BCUT2D eigenvalue weighted by Gasteiger charge is 2.19.